The van der Waals surface area contributed by atoms with Crippen LogP contribution in [0.4, 0.5) is 0 Å². The highest BCUT2D eigenvalue weighted by molar-refractivity contribution is 7.27. The zero-order valence-corrected chi connectivity index (χ0v) is 30.6. The molecule has 0 aliphatic rings. The highest BCUT2D eigenvalue weighted by atomic mass is 32.1. The minimum atomic E-state index is 0.866. The fraction of sp³-hybridized carbons (Fsp3) is 0. The van der Waals surface area contributed by atoms with E-state index in [1.165, 1.54) is 69.9 Å². The third-order valence-electron chi connectivity index (χ3n) is 10.9. The van der Waals surface area contributed by atoms with Crippen LogP contribution in [-0.4, -0.2) is 9.97 Å². The lowest BCUT2D eigenvalue weighted by Crippen LogP contribution is -1.92. The normalized spacial score (nSPS) is 11.6. The molecule has 0 atom stereocenters. The van der Waals surface area contributed by atoms with Gasteiger partial charge in [-0.25, -0.2) is 4.98 Å². The summed E-state index contributed by atoms with van der Waals surface area (Å²) in [6, 6.07) is 67.7. The van der Waals surface area contributed by atoms with E-state index in [9.17, 15) is 0 Å². The second-order valence-corrected chi connectivity index (χ2v) is 15.1. The second kappa shape index (κ2) is 12.9. The van der Waals surface area contributed by atoms with Gasteiger partial charge in [0.05, 0.1) is 22.9 Å². The number of fused-ring (bicyclic) bond motifs is 9. The average molecular weight is 717 g/mol. The third-order valence-corrected chi connectivity index (χ3v) is 12.2. The minimum absolute atomic E-state index is 0.866. The molecule has 55 heavy (non-hydrogen) atoms. The van der Waals surface area contributed by atoms with Gasteiger partial charge in [0.15, 0.2) is 0 Å². The molecule has 0 fully saturated rings. The summed E-state index contributed by atoms with van der Waals surface area (Å²) in [4.78, 5) is 10.3. The van der Waals surface area contributed by atoms with E-state index in [0.29, 0.717) is 0 Å². The molecule has 0 aliphatic heterocycles. The molecule has 2 heterocycles. The first-order chi connectivity index (χ1) is 27.3. The van der Waals surface area contributed by atoms with Gasteiger partial charge < -0.3 is 0 Å². The summed E-state index contributed by atoms with van der Waals surface area (Å²) in [5.74, 6) is 0. The number of benzene rings is 9. The Hall–Kier alpha value is -6.94. The lowest BCUT2D eigenvalue weighted by molar-refractivity contribution is 1.31. The van der Waals surface area contributed by atoms with Gasteiger partial charge in [0.25, 0.3) is 0 Å². The Kier molecular flexibility index (Phi) is 7.39. The predicted octanol–water partition coefficient (Wildman–Crippen LogP) is 14.6. The van der Waals surface area contributed by atoms with Crippen LogP contribution in [0.1, 0.15) is 0 Å². The molecule has 2 aromatic heterocycles. The Morgan fingerprint density at radius 2 is 0.727 bits per heavy atom. The number of hydrogen-bond acceptors (Lipinski definition) is 3. The number of rotatable bonds is 5. The van der Waals surface area contributed by atoms with Gasteiger partial charge in [0, 0.05) is 47.6 Å². The van der Waals surface area contributed by atoms with Gasteiger partial charge in [-0.15, -0.1) is 11.3 Å². The van der Waals surface area contributed by atoms with E-state index in [0.717, 1.165) is 38.6 Å². The molecule has 256 valence electrons. The largest absolute Gasteiger partial charge is 0.252 e. The molecule has 0 saturated carbocycles. The summed E-state index contributed by atoms with van der Waals surface area (Å²) >= 11 is 1.90. The van der Waals surface area contributed by atoms with E-state index in [1.807, 2.05) is 17.5 Å². The molecular formula is C52H32N2S. The molecular weight excluding hydrogens is 685 g/mol. The topological polar surface area (TPSA) is 25.8 Å². The van der Waals surface area contributed by atoms with Crippen LogP contribution < -0.4 is 0 Å². The zero-order valence-electron chi connectivity index (χ0n) is 29.8. The highest BCUT2D eigenvalue weighted by Gasteiger charge is 2.18. The third kappa shape index (κ3) is 5.32. The van der Waals surface area contributed by atoms with Gasteiger partial charge in [-0.1, -0.05) is 164 Å². The van der Waals surface area contributed by atoms with Crippen LogP contribution >= 0.6 is 11.3 Å². The van der Waals surface area contributed by atoms with Crippen LogP contribution in [0.3, 0.4) is 0 Å². The highest BCUT2D eigenvalue weighted by Crippen LogP contribution is 2.47. The molecule has 0 unspecified atom stereocenters. The summed E-state index contributed by atoms with van der Waals surface area (Å²) in [5, 5.41) is 7.21. The lowest BCUT2D eigenvalue weighted by atomic mass is 9.93. The molecule has 9 aromatic carbocycles. The van der Waals surface area contributed by atoms with Crippen molar-refractivity contribution in [3.8, 4) is 55.8 Å². The van der Waals surface area contributed by atoms with Crippen molar-refractivity contribution in [2.45, 2.75) is 0 Å². The van der Waals surface area contributed by atoms with Crippen LogP contribution in [0.15, 0.2) is 194 Å². The molecule has 0 bridgehead atoms. The molecule has 3 heteroatoms. The molecule has 11 aromatic rings. The Bertz CT molecular complexity index is 3190. The van der Waals surface area contributed by atoms with E-state index in [-0.39, 0.29) is 0 Å². The van der Waals surface area contributed by atoms with Crippen molar-refractivity contribution in [3.05, 3.63) is 194 Å². The summed E-state index contributed by atoms with van der Waals surface area (Å²) in [7, 11) is 0. The summed E-state index contributed by atoms with van der Waals surface area (Å²) in [6.07, 6.45) is 1.92. The van der Waals surface area contributed by atoms with Crippen molar-refractivity contribution in [3.63, 3.8) is 0 Å². The quantitative estimate of drug-likeness (QED) is 0.166. The summed E-state index contributed by atoms with van der Waals surface area (Å²) < 4.78 is 2.61. The first kappa shape index (κ1) is 31.6. The van der Waals surface area contributed by atoms with Crippen molar-refractivity contribution in [2.75, 3.05) is 0 Å². The van der Waals surface area contributed by atoms with Gasteiger partial charge in [-0.3, -0.25) is 4.98 Å². The predicted molar refractivity (Wildman–Crippen MR) is 235 cm³/mol. The van der Waals surface area contributed by atoms with E-state index >= 15 is 0 Å². The van der Waals surface area contributed by atoms with E-state index < -0.39 is 0 Å². The number of nitrogens with zero attached hydrogens (tertiary/aromatic N) is 2. The number of hydrogen-bond donors (Lipinski definition) is 0. The van der Waals surface area contributed by atoms with Crippen LogP contribution in [0.25, 0.3) is 109 Å². The zero-order chi connectivity index (χ0) is 36.3. The van der Waals surface area contributed by atoms with Crippen molar-refractivity contribution >= 4 is 64.1 Å². The SMILES string of the molecule is c1ccc(-c2cc(-c3ccccc3)c3sc4c(-c5ccccc5)cc(-c5ccc(-c6cnc7c8ccccc8c8ccccc8c7n6)cc5)cc4c3c2)cc1. The van der Waals surface area contributed by atoms with Gasteiger partial charge in [0.1, 0.15) is 0 Å². The van der Waals surface area contributed by atoms with Crippen molar-refractivity contribution in [1.82, 2.24) is 9.97 Å². The first-order valence-electron chi connectivity index (χ1n) is 18.6. The second-order valence-electron chi connectivity index (χ2n) is 14.1. The monoisotopic (exact) mass is 716 g/mol. The molecule has 0 saturated heterocycles. The maximum atomic E-state index is 5.25. The molecule has 0 aliphatic carbocycles. The summed E-state index contributed by atoms with van der Waals surface area (Å²) in [5.41, 5.74) is 13.5. The average Bonchev–Trinajstić information content (AvgIpc) is 3.65. The van der Waals surface area contributed by atoms with Gasteiger partial charge in [0.2, 0.25) is 0 Å². The standard InChI is InChI=1S/C52H32N2S/c1-4-14-33(15-5-1)38-28-44(35-16-6-2-7-17-35)51-46(30-38)47-31-39(29-45(52(47)55-51)36-18-8-3-9-19-36)34-24-26-37(27-25-34)48-32-53-49-42-22-12-10-20-40(42)41-21-11-13-23-43(41)50(49)54-48/h1-32H. The maximum absolute atomic E-state index is 5.25. The fourth-order valence-electron chi connectivity index (χ4n) is 8.20. The minimum Gasteiger partial charge on any atom is -0.252 e. The molecule has 2 nitrogen and oxygen atoms in total. The molecule has 0 amide bonds. The lowest BCUT2D eigenvalue weighted by Gasteiger charge is -2.11. The number of thiophene rings is 1. The smallest absolute Gasteiger partial charge is 0.0979 e. The van der Waals surface area contributed by atoms with Crippen molar-refractivity contribution in [1.29, 1.82) is 0 Å². The summed E-state index contributed by atoms with van der Waals surface area (Å²) in [6.45, 7) is 0. The Labute approximate surface area is 322 Å². The maximum Gasteiger partial charge on any atom is 0.0979 e. The molecule has 11 rings (SSSR count). The molecule has 0 spiro atoms. The van der Waals surface area contributed by atoms with Crippen molar-refractivity contribution < 1.29 is 0 Å². The van der Waals surface area contributed by atoms with Crippen LogP contribution in [0.5, 0.6) is 0 Å². The Morgan fingerprint density at radius 1 is 0.309 bits per heavy atom. The fourth-order valence-corrected chi connectivity index (χ4v) is 9.54. The van der Waals surface area contributed by atoms with Crippen molar-refractivity contribution in [2.24, 2.45) is 0 Å². The first-order valence-corrected chi connectivity index (χ1v) is 19.5. The Morgan fingerprint density at radius 3 is 1.25 bits per heavy atom. The van der Waals surface area contributed by atoms with Crippen LogP contribution in [-0.2, 0) is 0 Å². The molecule has 0 N–H and O–H groups in total. The van der Waals surface area contributed by atoms with Gasteiger partial charge in [-0.05, 0) is 68.4 Å². The van der Waals surface area contributed by atoms with E-state index in [4.69, 9.17) is 9.97 Å². The van der Waals surface area contributed by atoms with E-state index in [1.54, 1.807) is 0 Å². The molecule has 0 radical (unpaired) electrons. The van der Waals surface area contributed by atoms with Gasteiger partial charge in [-0.2, -0.15) is 0 Å². The Balaban J connectivity index is 1.09. The van der Waals surface area contributed by atoms with E-state index in [2.05, 4.69) is 188 Å². The number of aromatic nitrogens is 2. The van der Waals surface area contributed by atoms with Gasteiger partial charge >= 0.3 is 0 Å². The van der Waals surface area contributed by atoms with Crippen LogP contribution in [0, 0.1) is 0 Å². The van der Waals surface area contributed by atoms with Crippen LogP contribution in [0.2, 0.25) is 0 Å².